The van der Waals surface area contributed by atoms with Gasteiger partial charge in [0.05, 0.1) is 19.9 Å². The number of amides is 1. The molecule has 0 atom stereocenters. The standard InChI is InChI=1S/C17H20N6O4/c1-4-7-18-14(24)9-22-10-19-16-15(17(22)25)20-21-23(16)11-5-6-12(26-2)13(8-11)27-3/h5-6,8,10H,4,7,9H2,1-3H3,(H,18,24). The minimum absolute atomic E-state index is 0.0792. The summed E-state index contributed by atoms with van der Waals surface area (Å²) in [4.78, 5) is 28.7. The van der Waals surface area contributed by atoms with E-state index in [4.69, 9.17) is 9.47 Å². The average molecular weight is 372 g/mol. The van der Waals surface area contributed by atoms with E-state index in [1.165, 1.54) is 22.7 Å². The van der Waals surface area contributed by atoms with E-state index in [1.807, 2.05) is 6.92 Å². The predicted octanol–water partition coefficient (Wildman–Crippen LogP) is 0.521. The topological polar surface area (TPSA) is 113 Å². The highest BCUT2D eigenvalue weighted by Crippen LogP contribution is 2.29. The molecule has 0 unspecified atom stereocenters. The Kier molecular flexibility index (Phi) is 5.34. The summed E-state index contributed by atoms with van der Waals surface area (Å²) >= 11 is 0. The lowest BCUT2D eigenvalue weighted by Gasteiger charge is -2.09. The summed E-state index contributed by atoms with van der Waals surface area (Å²) in [6.45, 7) is 2.39. The SMILES string of the molecule is CCCNC(=O)Cn1cnc2c(nnn2-c2ccc(OC)c(OC)c2)c1=O. The summed E-state index contributed by atoms with van der Waals surface area (Å²) in [6.07, 6.45) is 2.13. The van der Waals surface area contributed by atoms with Crippen LogP contribution < -0.4 is 20.3 Å². The van der Waals surface area contributed by atoms with Gasteiger partial charge < -0.3 is 14.8 Å². The van der Waals surface area contributed by atoms with E-state index in [0.717, 1.165) is 6.42 Å². The quantitative estimate of drug-likeness (QED) is 0.643. The van der Waals surface area contributed by atoms with Crippen LogP contribution in [0.3, 0.4) is 0 Å². The molecular formula is C17H20N6O4. The van der Waals surface area contributed by atoms with Crippen molar-refractivity contribution in [1.29, 1.82) is 0 Å². The van der Waals surface area contributed by atoms with Crippen molar-refractivity contribution in [2.75, 3.05) is 20.8 Å². The Hall–Kier alpha value is -3.43. The maximum Gasteiger partial charge on any atom is 0.284 e. The number of ether oxygens (including phenoxy) is 2. The van der Waals surface area contributed by atoms with Crippen molar-refractivity contribution in [3.8, 4) is 17.2 Å². The number of fused-ring (bicyclic) bond motifs is 1. The van der Waals surface area contributed by atoms with Crippen LogP contribution in [0.1, 0.15) is 13.3 Å². The fourth-order valence-corrected chi connectivity index (χ4v) is 2.56. The van der Waals surface area contributed by atoms with Gasteiger partial charge in [0.15, 0.2) is 22.7 Å². The van der Waals surface area contributed by atoms with Gasteiger partial charge in [0.1, 0.15) is 12.9 Å². The zero-order valence-corrected chi connectivity index (χ0v) is 15.3. The molecule has 2 heterocycles. The molecule has 2 aromatic heterocycles. The number of aromatic nitrogens is 5. The van der Waals surface area contributed by atoms with Crippen molar-refractivity contribution in [3.63, 3.8) is 0 Å². The molecule has 0 bridgehead atoms. The minimum atomic E-state index is -0.432. The highest BCUT2D eigenvalue weighted by atomic mass is 16.5. The van der Waals surface area contributed by atoms with Gasteiger partial charge in [-0.2, -0.15) is 4.68 Å². The molecule has 10 heteroatoms. The predicted molar refractivity (Wildman–Crippen MR) is 97.3 cm³/mol. The zero-order valence-electron chi connectivity index (χ0n) is 15.3. The second kappa shape index (κ2) is 7.85. The van der Waals surface area contributed by atoms with E-state index in [0.29, 0.717) is 23.7 Å². The Balaban J connectivity index is 1.97. The molecule has 1 aromatic carbocycles. The van der Waals surface area contributed by atoms with Crippen LogP contribution in [0.5, 0.6) is 11.5 Å². The van der Waals surface area contributed by atoms with Gasteiger partial charge in [-0.05, 0) is 18.6 Å². The number of benzene rings is 1. The largest absolute Gasteiger partial charge is 0.493 e. The Bertz CT molecular complexity index is 1030. The van der Waals surface area contributed by atoms with Crippen molar-refractivity contribution in [1.82, 2.24) is 29.9 Å². The molecule has 3 aromatic rings. The van der Waals surface area contributed by atoms with Crippen molar-refractivity contribution in [3.05, 3.63) is 34.9 Å². The molecule has 10 nitrogen and oxygen atoms in total. The van der Waals surface area contributed by atoms with E-state index in [2.05, 4.69) is 20.6 Å². The second-order valence-electron chi connectivity index (χ2n) is 5.74. The van der Waals surface area contributed by atoms with Crippen molar-refractivity contribution in [2.45, 2.75) is 19.9 Å². The van der Waals surface area contributed by atoms with Crippen LogP contribution in [-0.4, -0.2) is 51.2 Å². The molecule has 0 radical (unpaired) electrons. The van der Waals surface area contributed by atoms with Crippen molar-refractivity contribution < 1.29 is 14.3 Å². The monoisotopic (exact) mass is 372 g/mol. The zero-order chi connectivity index (χ0) is 19.4. The molecule has 0 saturated heterocycles. The average Bonchev–Trinajstić information content (AvgIpc) is 3.12. The van der Waals surface area contributed by atoms with Gasteiger partial charge >= 0.3 is 0 Å². The number of nitrogens with one attached hydrogen (secondary N) is 1. The summed E-state index contributed by atoms with van der Waals surface area (Å²) < 4.78 is 13.1. The van der Waals surface area contributed by atoms with Crippen LogP contribution in [0.2, 0.25) is 0 Å². The third kappa shape index (κ3) is 3.59. The van der Waals surface area contributed by atoms with Crippen molar-refractivity contribution >= 4 is 17.1 Å². The van der Waals surface area contributed by atoms with E-state index in [9.17, 15) is 9.59 Å². The lowest BCUT2D eigenvalue weighted by atomic mass is 10.2. The Labute approximate surface area is 154 Å². The number of rotatable bonds is 7. The number of carbonyl (C=O) groups excluding carboxylic acids is 1. The van der Waals surface area contributed by atoms with E-state index < -0.39 is 5.56 Å². The first kappa shape index (κ1) is 18.4. The molecule has 1 amide bonds. The lowest BCUT2D eigenvalue weighted by Crippen LogP contribution is -2.32. The maximum atomic E-state index is 12.6. The first-order valence-corrected chi connectivity index (χ1v) is 8.39. The summed E-state index contributed by atoms with van der Waals surface area (Å²) in [5.74, 6) is 0.825. The van der Waals surface area contributed by atoms with E-state index >= 15 is 0 Å². The van der Waals surface area contributed by atoms with Crippen LogP contribution in [-0.2, 0) is 11.3 Å². The Morgan fingerprint density at radius 3 is 2.70 bits per heavy atom. The van der Waals surface area contributed by atoms with Crippen LogP contribution in [0.15, 0.2) is 29.3 Å². The lowest BCUT2D eigenvalue weighted by molar-refractivity contribution is -0.121. The number of hydrogen-bond donors (Lipinski definition) is 1. The number of hydrogen-bond acceptors (Lipinski definition) is 7. The first-order chi connectivity index (χ1) is 13.1. The maximum absolute atomic E-state index is 12.6. The van der Waals surface area contributed by atoms with Gasteiger partial charge in [0, 0.05) is 12.6 Å². The molecule has 142 valence electrons. The van der Waals surface area contributed by atoms with Gasteiger partial charge in [-0.25, -0.2) is 4.98 Å². The summed E-state index contributed by atoms with van der Waals surface area (Å²) in [6, 6.07) is 5.18. The minimum Gasteiger partial charge on any atom is -0.493 e. The number of methoxy groups -OCH3 is 2. The highest BCUT2D eigenvalue weighted by Gasteiger charge is 2.16. The first-order valence-electron chi connectivity index (χ1n) is 8.39. The van der Waals surface area contributed by atoms with Gasteiger partial charge in [-0.1, -0.05) is 12.1 Å². The molecule has 0 aliphatic heterocycles. The van der Waals surface area contributed by atoms with Gasteiger partial charge in [-0.15, -0.1) is 5.10 Å². The fourth-order valence-electron chi connectivity index (χ4n) is 2.56. The van der Waals surface area contributed by atoms with Gasteiger partial charge in [-0.3, -0.25) is 14.2 Å². The highest BCUT2D eigenvalue weighted by molar-refractivity contribution is 5.76. The second-order valence-corrected chi connectivity index (χ2v) is 5.74. The van der Waals surface area contributed by atoms with Crippen LogP contribution >= 0.6 is 0 Å². The van der Waals surface area contributed by atoms with Gasteiger partial charge in [0.25, 0.3) is 5.56 Å². The number of carbonyl (C=O) groups is 1. The molecule has 3 rings (SSSR count). The molecule has 0 aliphatic carbocycles. The third-order valence-corrected chi connectivity index (χ3v) is 3.93. The van der Waals surface area contributed by atoms with E-state index in [-0.39, 0.29) is 23.6 Å². The molecule has 0 spiro atoms. The Morgan fingerprint density at radius 2 is 2.00 bits per heavy atom. The van der Waals surface area contributed by atoms with Crippen LogP contribution in [0, 0.1) is 0 Å². The van der Waals surface area contributed by atoms with Crippen LogP contribution in [0.4, 0.5) is 0 Å². The van der Waals surface area contributed by atoms with Crippen molar-refractivity contribution in [2.24, 2.45) is 0 Å². The number of nitrogens with zero attached hydrogens (tertiary/aromatic N) is 5. The van der Waals surface area contributed by atoms with Gasteiger partial charge in [0.2, 0.25) is 5.91 Å². The molecule has 0 saturated carbocycles. The summed E-state index contributed by atoms with van der Waals surface area (Å²) in [5.41, 5.74) is 0.548. The molecule has 27 heavy (non-hydrogen) atoms. The molecule has 0 fully saturated rings. The van der Waals surface area contributed by atoms with E-state index in [1.54, 1.807) is 25.3 Å². The normalized spacial score (nSPS) is 10.8. The molecule has 1 N–H and O–H groups in total. The third-order valence-electron chi connectivity index (χ3n) is 3.93. The van der Waals surface area contributed by atoms with Crippen LogP contribution in [0.25, 0.3) is 16.9 Å². The fraction of sp³-hybridized carbons (Fsp3) is 0.353. The molecular weight excluding hydrogens is 352 g/mol. The smallest absolute Gasteiger partial charge is 0.284 e. The summed E-state index contributed by atoms with van der Waals surface area (Å²) in [7, 11) is 3.07. The molecule has 0 aliphatic rings. The summed E-state index contributed by atoms with van der Waals surface area (Å²) in [5, 5.41) is 10.7. The Morgan fingerprint density at radius 1 is 1.22 bits per heavy atom.